The van der Waals surface area contributed by atoms with Crippen molar-refractivity contribution in [2.45, 2.75) is 38.3 Å². The van der Waals surface area contributed by atoms with E-state index in [9.17, 15) is 9.59 Å². The number of hydrogen-bond donors (Lipinski definition) is 2. The molecule has 5 nitrogen and oxygen atoms in total. The summed E-state index contributed by atoms with van der Waals surface area (Å²) in [7, 11) is 0. The second-order valence-corrected chi connectivity index (χ2v) is 10.8. The van der Waals surface area contributed by atoms with Gasteiger partial charge in [-0.2, -0.15) is 0 Å². The molecule has 0 atom stereocenters. The van der Waals surface area contributed by atoms with Gasteiger partial charge in [-0.3, -0.25) is 9.59 Å². The highest BCUT2D eigenvalue weighted by atomic mass is 32.1. The number of carboxylic acid groups (broad SMARTS) is 1. The number of nitrogens with zero attached hydrogens (tertiary/aromatic N) is 1. The Balaban J connectivity index is 1.14. The lowest BCUT2D eigenvalue weighted by atomic mass is 9.50. The number of aromatic nitrogens is 1. The Kier molecular flexibility index (Phi) is 5.06. The molecule has 2 saturated carbocycles. The number of carbonyl (C=O) groups excluding carboxylic acids is 1. The molecule has 0 aliphatic heterocycles. The lowest BCUT2D eigenvalue weighted by Crippen LogP contribution is -2.57. The molecule has 1 amide bonds. The Morgan fingerprint density at radius 2 is 1.68 bits per heavy atom. The van der Waals surface area contributed by atoms with Crippen molar-refractivity contribution in [2.24, 2.45) is 11.3 Å². The summed E-state index contributed by atoms with van der Waals surface area (Å²) in [6.45, 7) is 0.707. The number of benzene rings is 2. The number of carbonyl (C=O) groups is 2. The average Bonchev–Trinajstić information content (AvgIpc) is 3.38. The minimum atomic E-state index is -0.686. The van der Waals surface area contributed by atoms with Crippen LogP contribution in [0.3, 0.4) is 0 Å². The average molecular weight is 471 g/mol. The minimum absolute atomic E-state index is 0.0282. The number of nitrogens with one attached hydrogen (secondary N) is 1. The summed E-state index contributed by atoms with van der Waals surface area (Å²) in [5.74, 6) is -0.910. The molecule has 2 fully saturated rings. The predicted octanol–water partition coefficient (Wildman–Crippen LogP) is 5.79. The maximum absolute atomic E-state index is 13.1. The zero-order chi connectivity index (χ0) is 23.3. The van der Waals surface area contributed by atoms with Crippen LogP contribution in [0.4, 0.5) is 0 Å². The molecule has 2 aromatic carbocycles. The second kappa shape index (κ2) is 8.13. The summed E-state index contributed by atoms with van der Waals surface area (Å²) in [6.07, 6.45) is 5.35. The van der Waals surface area contributed by atoms with Gasteiger partial charge in [-0.1, -0.05) is 54.6 Å². The van der Waals surface area contributed by atoms with Crippen LogP contribution in [0.25, 0.3) is 21.3 Å². The lowest BCUT2D eigenvalue weighted by Gasteiger charge is -2.56. The molecular formula is C28H26N2O3S. The molecule has 2 heterocycles. The van der Waals surface area contributed by atoms with Crippen LogP contribution in [-0.4, -0.2) is 27.6 Å². The quantitative estimate of drug-likeness (QED) is 0.375. The van der Waals surface area contributed by atoms with Crippen LogP contribution in [0.2, 0.25) is 0 Å². The predicted molar refractivity (Wildman–Crippen MR) is 134 cm³/mol. The molecule has 0 bridgehead atoms. The number of thiophene rings is 1. The first kappa shape index (κ1) is 21.2. The van der Waals surface area contributed by atoms with Gasteiger partial charge in [0.25, 0.3) is 5.91 Å². The zero-order valence-electron chi connectivity index (χ0n) is 18.7. The molecule has 0 saturated heterocycles. The first-order valence-electron chi connectivity index (χ1n) is 11.7. The molecule has 6 heteroatoms. The van der Waals surface area contributed by atoms with Crippen LogP contribution in [0.1, 0.15) is 41.6 Å². The summed E-state index contributed by atoms with van der Waals surface area (Å²) in [4.78, 5) is 24.2. The molecule has 2 aliphatic carbocycles. The molecule has 4 aromatic rings. The maximum atomic E-state index is 13.1. The molecule has 1 spiro atoms. The third-order valence-corrected chi connectivity index (χ3v) is 8.48. The van der Waals surface area contributed by atoms with Gasteiger partial charge in [0.05, 0.1) is 21.7 Å². The van der Waals surface area contributed by atoms with Crippen LogP contribution >= 0.6 is 11.3 Å². The van der Waals surface area contributed by atoms with E-state index in [0.29, 0.717) is 6.54 Å². The normalized spacial score (nSPS) is 23.4. The fourth-order valence-corrected chi connectivity index (χ4v) is 6.72. The fourth-order valence-electron chi connectivity index (χ4n) is 5.78. The largest absolute Gasteiger partial charge is 0.481 e. The van der Waals surface area contributed by atoms with Gasteiger partial charge in [0.1, 0.15) is 0 Å². The number of aliphatic carboxylic acids is 1. The standard InChI is InChI=1S/C28H26N2O3S/c31-26(29-22-14-28(15-22)12-21(13-28)27(32)33)23-17-34-24-10-11-30(25(23)24)16-18-6-8-20(9-7-18)19-4-2-1-3-5-19/h1-11,17,21-22H,12-16H2,(H,29,31)(H,32,33)/t21-,22-,28?. The van der Waals surface area contributed by atoms with Gasteiger partial charge < -0.3 is 15.0 Å². The number of amides is 1. The van der Waals surface area contributed by atoms with Gasteiger partial charge in [-0.25, -0.2) is 0 Å². The highest BCUT2D eigenvalue weighted by molar-refractivity contribution is 7.17. The van der Waals surface area contributed by atoms with E-state index in [1.54, 1.807) is 11.3 Å². The van der Waals surface area contributed by atoms with E-state index in [1.807, 2.05) is 23.6 Å². The van der Waals surface area contributed by atoms with Gasteiger partial charge in [0.15, 0.2) is 0 Å². The highest BCUT2D eigenvalue weighted by Crippen LogP contribution is 2.58. The van der Waals surface area contributed by atoms with Crippen molar-refractivity contribution >= 4 is 33.4 Å². The Morgan fingerprint density at radius 3 is 2.38 bits per heavy atom. The van der Waals surface area contributed by atoms with Crippen molar-refractivity contribution in [3.8, 4) is 11.1 Å². The molecule has 0 unspecified atom stereocenters. The molecule has 34 heavy (non-hydrogen) atoms. The number of hydrogen-bond acceptors (Lipinski definition) is 3. The zero-order valence-corrected chi connectivity index (χ0v) is 19.6. The number of rotatable bonds is 6. The van der Waals surface area contributed by atoms with Crippen LogP contribution in [-0.2, 0) is 11.3 Å². The Bertz CT molecular complexity index is 1360. The number of carboxylic acids is 1. The Morgan fingerprint density at radius 1 is 0.971 bits per heavy atom. The van der Waals surface area contributed by atoms with E-state index in [4.69, 9.17) is 5.11 Å². The van der Waals surface area contributed by atoms with E-state index in [0.717, 1.165) is 41.5 Å². The van der Waals surface area contributed by atoms with Crippen LogP contribution in [0.5, 0.6) is 0 Å². The maximum Gasteiger partial charge on any atom is 0.306 e. The van der Waals surface area contributed by atoms with Crippen molar-refractivity contribution in [1.29, 1.82) is 0 Å². The van der Waals surface area contributed by atoms with Crippen molar-refractivity contribution in [3.05, 3.63) is 83.4 Å². The van der Waals surface area contributed by atoms with Crippen molar-refractivity contribution in [2.75, 3.05) is 0 Å². The van der Waals surface area contributed by atoms with Crippen LogP contribution < -0.4 is 5.32 Å². The molecular weight excluding hydrogens is 444 g/mol. The van der Waals surface area contributed by atoms with Gasteiger partial charge in [-0.15, -0.1) is 11.3 Å². The van der Waals surface area contributed by atoms with Gasteiger partial charge in [0.2, 0.25) is 0 Å². The summed E-state index contributed by atoms with van der Waals surface area (Å²) in [6, 6.07) is 21.2. The van der Waals surface area contributed by atoms with Crippen molar-refractivity contribution in [3.63, 3.8) is 0 Å². The van der Waals surface area contributed by atoms with E-state index >= 15 is 0 Å². The SMILES string of the molecule is O=C(N[C@H]1CC2(C1)C[C@H](C(=O)O)C2)c1csc2ccn(Cc3ccc(-c4ccccc4)cc3)c12. The van der Waals surface area contributed by atoms with Gasteiger partial charge >= 0.3 is 5.97 Å². The van der Waals surface area contributed by atoms with E-state index in [-0.39, 0.29) is 23.3 Å². The smallest absolute Gasteiger partial charge is 0.306 e. The first-order valence-corrected chi connectivity index (χ1v) is 12.6. The summed E-state index contributed by atoms with van der Waals surface area (Å²) >= 11 is 1.60. The van der Waals surface area contributed by atoms with Gasteiger partial charge in [-0.05, 0) is 53.9 Å². The van der Waals surface area contributed by atoms with Crippen molar-refractivity contribution in [1.82, 2.24) is 9.88 Å². The molecule has 0 radical (unpaired) electrons. The second-order valence-electron chi connectivity index (χ2n) is 9.89. The molecule has 2 aromatic heterocycles. The first-order chi connectivity index (χ1) is 16.5. The van der Waals surface area contributed by atoms with Crippen molar-refractivity contribution < 1.29 is 14.7 Å². The molecule has 2 aliphatic rings. The third-order valence-electron chi connectivity index (χ3n) is 7.55. The topological polar surface area (TPSA) is 71.3 Å². The fraction of sp³-hybridized carbons (Fsp3) is 0.286. The van der Waals surface area contributed by atoms with E-state index in [1.165, 1.54) is 16.7 Å². The van der Waals surface area contributed by atoms with Crippen LogP contribution in [0.15, 0.2) is 72.2 Å². The van der Waals surface area contributed by atoms with E-state index < -0.39 is 5.97 Å². The van der Waals surface area contributed by atoms with E-state index in [2.05, 4.69) is 58.5 Å². The Labute approximate surface area is 202 Å². The third kappa shape index (κ3) is 3.72. The molecule has 6 rings (SSSR count). The lowest BCUT2D eigenvalue weighted by molar-refractivity contribution is -0.155. The minimum Gasteiger partial charge on any atom is -0.481 e. The number of fused-ring (bicyclic) bond motifs is 1. The Hall–Kier alpha value is -3.38. The summed E-state index contributed by atoms with van der Waals surface area (Å²) < 4.78 is 3.27. The van der Waals surface area contributed by atoms with Gasteiger partial charge in [0, 0.05) is 24.2 Å². The monoisotopic (exact) mass is 470 g/mol. The summed E-state index contributed by atoms with van der Waals surface area (Å²) in [5, 5.41) is 14.3. The molecule has 2 N–H and O–H groups in total. The summed E-state index contributed by atoms with van der Waals surface area (Å²) in [5.41, 5.74) is 5.44. The highest BCUT2D eigenvalue weighted by Gasteiger charge is 2.55. The molecule has 172 valence electrons. The van der Waals surface area contributed by atoms with Crippen LogP contribution in [0, 0.1) is 11.3 Å².